The number of carboxylic acid groups (broad SMARTS) is 1. The number of aliphatic carboxylic acids is 1. The fourth-order valence-corrected chi connectivity index (χ4v) is 1.87. The summed E-state index contributed by atoms with van der Waals surface area (Å²) in [5, 5.41) is 19.2. The van der Waals surface area contributed by atoms with Crippen molar-refractivity contribution in [1.82, 2.24) is 0 Å². The van der Waals surface area contributed by atoms with E-state index in [2.05, 4.69) is 0 Å². The molecule has 0 bridgehead atoms. The molecule has 0 radical (unpaired) electrons. The van der Waals surface area contributed by atoms with Gasteiger partial charge in [-0.05, 0) is 17.2 Å². The first-order valence-electron chi connectivity index (χ1n) is 6.27. The van der Waals surface area contributed by atoms with Crippen molar-refractivity contribution in [2.24, 2.45) is 0 Å². The van der Waals surface area contributed by atoms with Crippen molar-refractivity contribution < 1.29 is 19.6 Å². The summed E-state index contributed by atoms with van der Waals surface area (Å²) >= 11 is 0. The first-order chi connectivity index (χ1) is 10.5. The third kappa shape index (κ3) is 3.63. The number of nitrogens with zero attached hydrogens (tertiary/aromatic N) is 1. The fraction of sp³-hybridized carbons (Fsp3) is 0. The van der Waals surface area contributed by atoms with Crippen LogP contribution in [0.3, 0.4) is 0 Å². The molecule has 0 amide bonds. The van der Waals surface area contributed by atoms with Crippen LogP contribution in [0.5, 0.6) is 0 Å². The van der Waals surface area contributed by atoms with Crippen molar-refractivity contribution in [1.29, 1.82) is 0 Å². The molecule has 0 aliphatic heterocycles. The van der Waals surface area contributed by atoms with Crippen LogP contribution in [-0.2, 0) is 4.79 Å². The van der Waals surface area contributed by atoms with Gasteiger partial charge in [0.2, 0.25) is 0 Å². The predicted octanol–water partition coefficient (Wildman–Crippen LogP) is 3.09. The van der Waals surface area contributed by atoms with E-state index in [1.165, 1.54) is 12.1 Å². The Labute approximate surface area is 125 Å². The molecule has 2 rings (SSSR count). The van der Waals surface area contributed by atoms with Crippen LogP contribution in [0.2, 0.25) is 0 Å². The van der Waals surface area contributed by atoms with Crippen molar-refractivity contribution in [3.8, 4) is 11.1 Å². The van der Waals surface area contributed by atoms with E-state index in [1.54, 1.807) is 36.4 Å². The van der Waals surface area contributed by atoms with Gasteiger partial charge in [-0.2, -0.15) is 0 Å². The monoisotopic (exact) mass is 297 g/mol. The smallest absolute Gasteiger partial charge is 0.328 e. The van der Waals surface area contributed by atoms with Crippen LogP contribution in [0.25, 0.3) is 11.1 Å². The van der Waals surface area contributed by atoms with E-state index in [0.717, 1.165) is 17.7 Å². The van der Waals surface area contributed by atoms with Gasteiger partial charge in [0, 0.05) is 23.8 Å². The number of benzene rings is 2. The average Bonchev–Trinajstić information content (AvgIpc) is 2.53. The van der Waals surface area contributed by atoms with E-state index in [4.69, 9.17) is 5.11 Å². The van der Waals surface area contributed by atoms with Crippen molar-refractivity contribution in [3.05, 3.63) is 76.4 Å². The van der Waals surface area contributed by atoms with Crippen molar-refractivity contribution in [2.45, 2.75) is 0 Å². The highest BCUT2D eigenvalue weighted by atomic mass is 16.6. The van der Waals surface area contributed by atoms with E-state index in [9.17, 15) is 19.7 Å². The van der Waals surface area contributed by atoms with Crippen LogP contribution in [0.15, 0.2) is 60.7 Å². The Kier molecular flexibility index (Phi) is 4.43. The molecule has 0 fully saturated rings. The summed E-state index contributed by atoms with van der Waals surface area (Å²) < 4.78 is 0. The molecule has 2 aromatic carbocycles. The molecule has 0 unspecified atom stereocenters. The number of nitro groups is 1. The second-order valence-corrected chi connectivity index (χ2v) is 4.42. The van der Waals surface area contributed by atoms with Gasteiger partial charge >= 0.3 is 5.97 Å². The zero-order valence-electron chi connectivity index (χ0n) is 11.3. The summed E-state index contributed by atoms with van der Waals surface area (Å²) in [4.78, 5) is 32.4. The average molecular weight is 297 g/mol. The summed E-state index contributed by atoms with van der Waals surface area (Å²) in [5.74, 6) is -1.62. The summed E-state index contributed by atoms with van der Waals surface area (Å²) in [6, 6.07) is 12.6. The lowest BCUT2D eigenvalue weighted by Gasteiger charge is -2.03. The van der Waals surface area contributed by atoms with Crippen LogP contribution in [-0.4, -0.2) is 21.8 Å². The van der Waals surface area contributed by atoms with Crippen LogP contribution < -0.4 is 0 Å². The second-order valence-electron chi connectivity index (χ2n) is 4.42. The molecular formula is C16H11NO5. The quantitative estimate of drug-likeness (QED) is 0.396. The number of allylic oxidation sites excluding steroid dienone is 1. The Bertz CT molecular complexity index is 762. The Morgan fingerprint density at radius 2 is 1.68 bits per heavy atom. The van der Waals surface area contributed by atoms with Crippen LogP contribution >= 0.6 is 0 Å². The minimum Gasteiger partial charge on any atom is -0.478 e. The van der Waals surface area contributed by atoms with E-state index in [-0.39, 0.29) is 5.69 Å². The number of carbonyl (C=O) groups is 2. The van der Waals surface area contributed by atoms with E-state index in [1.807, 2.05) is 0 Å². The molecule has 0 atom stereocenters. The normalized spacial score (nSPS) is 10.5. The predicted molar refractivity (Wildman–Crippen MR) is 79.6 cm³/mol. The topological polar surface area (TPSA) is 97.5 Å². The highest BCUT2D eigenvalue weighted by Gasteiger charge is 2.08. The van der Waals surface area contributed by atoms with Gasteiger partial charge in [0.05, 0.1) is 4.92 Å². The maximum atomic E-state index is 11.7. The van der Waals surface area contributed by atoms with Gasteiger partial charge in [-0.15, -0.1) is 0 Å². The summed E-state index contributed by atoms with van der Waals surface area (Å²) in [5.41, 5.74) is 1.71. The zero-order chi connectivity index (χ0) is 16.1. The van der Waals surface area contributed by atoms with E-state index >= 15 is 0 Å². The lowest BCUT2D eigenvalue weighted by atomic mass is 10.0. The molecule has 110 valence electrons. The molecule has 1 N–H and O–H groups in total. The molecule has 0 heterocycles. The lowest BCUT2D eigenvalue weighted by molar-refractivity contribution is -0.384. The number of hydrogen-bond donors (Lipinski definition) is 1. The van der Waals surface area contributed by atoms with Gasteiger partial charge < -0.3 is 5.11 Å². The summed E-state index contributed by atoms with van der Waals surface area (Å²) in [6.45, 7) is 0. The molecule has 0 aliphatic rings. The maximum Gasteiger partial charge on any atom is 0.328 e. The van der Waals surface area contributed by atoms with Gasteiger partial charge in [0.15, 0.2) is 5.78 Å². The summed E-state index contributed by atoms with van der Waals surface area (Å²) in [6.07, 6.45) is 1.75. The number of non-ortho nitro benzene ring substituents is 1. The van der Waals surface area contributed by atoms with E-state index in [0.29, 0.717) is 11.1 Å². The Morgan fingerprint density at radius 3 is 2.27 bits per heavy atom. The first kappa shape index (κ1) is 15.1. The minimum absolute atomic E-state index is 0.0120. The van der Waals surface area contributed by atoms with Crippen LogP contribution in [0.1, 0.15) is 10.4 Å². The van der Waals surface area contributed by atoms with Crippen LogP contribution in [0.4, 0.5) is 5.69 Å². The van der Waals surface area contributed by atoms with Gasteiger partial charge in [0.25, 0.3) is 5.69 Å². The highest BCUT2D eigenvalue weighted by molar-refractivity contribution is 6.07. The molecule has 0 aliphatic carbocycles. The lowest BCUT2D eigenvalue weighted by Crippen LogP contribution is -1.96. The van der Waals surface area contributed by atoms with Crippen molar-refractivity contribution in [3.63, 3.8) is 0 Å². The fourth-order valence-electron chi connectivity index (χ4n) is 1.87. The molecule has 2 aromatic rings. The molecule has 6 heteroatoms. The number of ketones is 1. The minimum atomic E-state index is -1.19. The van der Waals surface area contributed by atoms with Gasteiger partial charge in [-0.3, -0.25) is 14.9 Å². The van der Waals surface area contributed by atoms with Gasteiger partial charge in [0.1, 0.15) is 0 Å². The number of carboxylic acids is 1. The molecule has 0 aromatic heterocycles. The largest absolute Gasteiger partial charge is 0.478 e. The Morgan fingerprint density at radius 1 is 1.00 bits per heavy atom. The number of rotatable bonds is 5. The number of hydrogen-bond acceptors (Lipinski definition) is 4. The third-order valence-electron chi connectivity index (χ3n) is 2.94. The van der Waals surface area contributed by atoms with Gasteiger partial charge in [-0.1, -0.05) is 36.4 Å². The molecule has 22 heavy (non-hydrogen) atoms. The van der Waals surface area contributed by atoms with Gasteiger partial charge in [-0.25, -0.2) is 4.79 Å². The second kappa shape index (κ2) is 6.45. The number of carbonyl (C=O) groups excluding carboxylic acids is 1. The first-order valence-corrected chi connectivity index (χ1v) is 6.27. The molecule has 0 saturated heterocycles. The molecule has 0 spiro atoms. The highest BCUT2D eigenvalue weighted by Crippen LogP contribution is 2.24. The van der Waals surface area contributed by atoms with Crippen molar-refractivity contribution >= 4 is 17.4 Å². The van der Waals surface area contributed by atoms with Crippen molar-refractivity contribution in [2.75, 3.05) is 0 Å². The summed E-state index contributed by atoms with van der Waals surface area (Å²) in [7, 11) is 0. The molecule has 0 saturated carbocycles. The standard InChI is InChI=1S/C16H11NO5/c18-15(8-9-16(19)20)12-6-4-11(5-7-12)13-2-1-3-14(10-13)17(21)22/h1-10H,(H,19,20). The van der Waals surface area contributed by atoms with E-state index < -0.39 is 16.7 Å². The van der Waals surface area contributed by atoms with Crippen LogP contribution in [0, 0.1) is 10.1 Å². The number of nitro benzene ring substituents is 1. The third-order valence-corrected chi connectivity index (χ3v) is 2.94. The molecule has 6 nitrogen and oxygen atoms in total. The molecular weight excluding hydrogens is 286 g/mol. The SMILES string of the molecule is O=C(O)C=CC(=O)c1ccc(-c2cccc([N+](=O)[O-])c2)cc1. The maximum absolute atomic E-state index is 11.7. The Hall–Kier alpha value is -3.28. The Balaban J connectivity index is 2.25. The zero-order valence-corrected chi connectivity index (χ0v) is 11.3.